The SMILES string of the molecule is O=[N+]([O-])c1ccc(CNCc2nc3ccccc3s2)cc1. The molecule has 2 aromatic carbocycles. The topological polar surface area (TPSA) is 68.1 Å². The van der Waals surface area contributed by atoms with Crippen molar-refractivity contribution in [1.82, 2.24) is 10.3 Å². The Balaban J connectivity index is 1.59. The van der Waals surface area contributed by atoms with E-state index >= 15 is 0 Å². The predicted molar refractivity (Wildman–Crippen MR) is 83.3 cm³/mol. The third-order valence-electron chi connectivity index (χ3n) is 3.09. The van der Waals surface area contributed by atoms with Crippen LogP contribution in [-0.2, 0) is 13.1 Å². The molecule has 0 aliphatic carbocycles. The number of nitrogens with zero attached hydrogens (tertiary/aromatic N) is 2. The normalized spacial score (nSPS) is 10.9. The van der Waals surface area contributed by atoms with Crippen LogP contribution in [0.4, 0.5) is 5.69 Å². The lowest BCUT2D eigenvalue weighted by molar-refractivity contribution is -0.384. The summed E-state index contributed by atoms with van der Waals surface area (Å²) in [6, 6.07) is 14.6. The monoisotopic (exact) mass is 299 g/mol. The molecule has 0 radical (unpaired) electrons. The summed E-state index contributed by atoms with van der Waals surface area (Å²) in [6.45, 7) is 1.35. The molecular weight excluding hydrogens is 286 g/mol. The first kappa shape index (κ1) is 13.7. The number of hydrogen-bond acceptors (Lipinski definition) is 5. The van der Waals surface area contributed by atoms with Gasteiger partial charge in [-0.3, -0.25) is 10.1 Å². The van der Waals surface area contributed by atoms with Crippen LogP contribution < -0.4 is 5.32 Å². The van der Waals surface area contributed by atoms with Gasteiger partial charge >= 0.3 is 0 Å². The number of nitro groups is 1. The van der Waals surface area contributed by atoms with Gasteiger partial charge in [-0.1, -0.05) is 24.3 Å². The Morgan fingerprint density at radius 3 is 2.57 bits per heavy atom. The summed E-state index contributed by atoms with van der Waals surface area (Å²) in [4.78, 5) is 14.7. The Morgan fingerprint density at radius 2 is 1.86 bits per heavy atom. The van der Waals surface area contributed by atoms with Crippen molar-refractivity contribution >= 4 is 27.2 Å². The fourth-order valence-corrected chi connectivity index (χ4v) is 2.98. The van der Waals surface area contributed by atoms with Crippen LogP contribution in [0.25, 0.3) is 10.2 Å². The molecule has 21 heavy (non-hydrogen) atoms. The van der Waals surface area contributed by atoms with E-state index in [2.05, 4.69) is 16.4 Å². The number of aromatic nitrogens is 1. The maximum atomic E-state index is 10.6. The summed E-state index contributed by atoms with van der Waals surface area (Å²) in [7, 11) is 0. The molecular formula is C15H13N3O2S. The fraction of sp³-hybridized carbons (Fsp3) is 0.133. The third kappa shape index (κ3) is 3.24. The first-order valence-corrected chi connectivity index (χ1v) is 7.32. The van der Waals surface area contributed by atoms with E-state index in [-0.39, 0.29) is 5.69 Å². The number of non-ortho nitro benzene ring substituents is 1. The summed E-state index contributed by atoms with van der Waals surface area (Å²) in [5.41, 5.74) is 2.15. The second-order valence-corrected chi connectivity index (χ2v) is 5.72. The number of rotatable bonds is 5. The summed E-state index contributed by atoms with van der Waals surface area (Å²) >= 11 is 1.68. The van der Waals surface area contributed by atoms with Crippen molar-refractivity contribution in [2.45, 2.75) is 13.1 Å². The highest BCUT2D eigenvalue weighted by atomic mass is 32.1. The van der Waals surface area contributed by atoms with Gasteiger partial charge in [-0.25, -0.2) is 4.98 Å². The standard InChI is InChI=1S/C15H13N3O2S/c19-18(20)12-7-5-11(6-8-12)9-16-10-15-17-13-3-1-2-4-14(13)21-15/h1-8,16H,9-10H2. The molecule has 0 bridgehead atoms. The Hall–Kier alpha value is -2.31. The first-order chi connectivity index (χ1) is 10.2. The minimum atomic E-state index is -0.391. The zero-order valence-electron chi connectivity index (χ0n) is 11.2. The summed E-state index contributed by atoms with van der Waals surface area (Å²) in [5, 5.41) is 14.9. The molecule has 5 nitrogen and oxygen atoms in total. The van der Waals surface area contributed by atoms with Gasteiger partial charge in [0.05, 0.1) is 15.1 Å². The molecule has 3 rings (SSSR count). The molecule has 0 unspecified atom stereocenters. The van der Waals surface area contributed by atoms with E-state index in [1.54, 1.807) is 23.5 Å². The number of nitrogens with one attached hydrogen (secondary N) is 1. The lowest BCUT2D eigenvalue weighted by atomic mass is 10.2. The van der Waals surface area contributed by atoms with Crippen LogP contribution in [0.3, 0.4) is 0 Å². The van der Waals surface area contributed by atoms with Crippen molar-refractivity contribution in [1.29, 1.82) is 0 Å². The van der Waals surface area contributed by atoms with Gasteiger partial charge in [-0.05, 0) is 17.7 Å². The van der Waals surface area contributed by atoms with E-state index in [1.165, 1.54) is 16.8 Å². The average Bonchev–Trinajstić information content (AvgIpc) is 2.90. The highest BCUT2D eigenvalue weighted by Crippen LogP contribution is 2.21. The van der Waals surface area contributed by atoms with Gasteiger partial charge in [-0.15, -0.1) is 11.3 Å². The largest absolute Gasteiger partial charge is 0.306 e. The van der Waals surface area contributed by atoms with E-state index in [9.17, 15) is 10.1 Å². The highest BCUT2D eigenvalue weighted by molar-refractivity contribution is 7.18. The van der Waals surface area contributed by atoms with Crippen molar-refractivity contribution in [3.63, 3.8) is 0 Å². The number of para-hydroxylation sites is 1. The van der Waals surface area contributed by atoms with Gasteiger partial charge in [0.1, 0.15) is 5.01 Å². The molecule has 0 spiro atoms. The molecule has 0 aliphatic rings. The van der Waals surface area contributed by atoms with Crippen LogP contribution in [0.2, 0.25) is 0 Å². The van der Waals surface area contributed by atoms with Crippen molar-refractivity contribution in [3.8, 4) is 0 Å². The summed E-state index contributed by atoms with van der Waals surface area (Å²) < 4.78 is 1.18. The highest BCUT2D eigenvalue weighted by Gasteiger charge is 2.05. The number of hydrogen-bond donors (Lipinski definition) is 1. The number of benzene rings is 2. The van der Waals surface area contributed by atoms with Crippen molar-refractivity contribution in [3.05, 3.63) is 69.2 Å². The number of nitro benzene ring substituents is 1. The smallest absolute Gasteiger partial charge is 0.269 e. The molecule has 0 fully saturated rings. The third-order valence-corrected chi connectivity index (χ3v) is 4.13. The molecule has 1 heterocycles. The molecule has 0 atom stereocenters. The Kier molecular flexibility index (Phi) is 3.89. The summed E-state index contributed by atoms with van der Waals surface area (Å²) in [5.74, 6) is 0. The minimum Gasteiger partial charge on any atom is -0.306 e. The van der Waals surface area contributed by atoms with Crippen LogP contribution in [0.1, 0.15) is 10.6 Å². The molecule has 106 valence electrons. The average molecular weight is 299 g/mol. The van der Waals surface area contributed by atoms with E-state index in [1.807, 2.05) is 18.2 Å². The maximum absolute atomic E-state index is 10.6. The van der Waals surface area contributed by atoms with Crippen LogP contribution in [0.5, 0.6) is 0 Å². The van der Waals surface area contributed by atoms with Crippen molar-refractivity contribution < 1.29 is 4.92 Å². The number of thiazole rings is 1. The minimum absolute atomic E-state index is 0.116. The van der Waals surface area contributed by atoms with Crippen LogP contribution in [0, 0.1) is 10.1 Å². The Labute approximate surface area is 125 Å². The Bertz CT molecular complexity index is 735. The van der Waals surface area contributed by atoms with Gasteiger partial charge in [0, 0.05) is 25.2 Å². The molecule has 1 aromatic heterocycles. The number of fused-ring (bicyclic) bond motifs is 1. The zero-order valence-corrected chi connectivity index (χ0v) is 12.0. The van der Waals surface area contributed by atoms with E-state index < -0.39 is 4.92 Å². The predicted octanol–water partition coefficient (Wildman–Crippen LogP) is 3.49. The zero-order chi connectivity index (χ0) is 14.7. The molecule has 0 saturated carbocycles. The van der Waals surface area contributed by atoms with Gasteiger partial charge in [-0.2, -0.15) is 0 Å². The van der Waals surface area contributed by atoms with Gasteiger partial charge < -0.3 is 5.32 Å². The second-order valence-electron chi connectivity index (χ2n) is 4.60. The Morgan fingerprint density at radius 1 is 1.10 bits per heavy atom. The van der Waals surface area contributed by atoms with Crippen molar-refractivity contribution in [2.24, 2.45) is 0 Å². The molecule has 0 aliphatic heterocycles. The van der Waals surface area contributed by atoms with E-state index in [4.69, 9.17) is 0 Å². The summed E-state index contributed by atoms with van der Waals surface area (Å²) in [6.07, 6.45) is 0. The quantitative estimate of drug-likeness (QED) is 0.578. The molecule has 3 aromatic rings. The van der Waals surface area contributed by atoms with Crippen LogP contribution in [-0.4, -0.2) is 9.91 Å². The van der Waals surface area contributed by atoms with Crippen molar-refractivity contribution in [2.75, 3.05) is 0 Å². The molecule has 6 heteroatoms. The van der Waals surface area contributed by atoms with E-state index in [0.29, 0.717) is 13.1 Å². The van der Waals surface area contributed by atoms with Crippen LogP contribution in [0.15, 0.2) is 48.5 Å². The lowest BCUT2D eigenvalue weighted by Gasteiger charge is -2.02. The molecule has 0 amide bonds. The van der Waals surface area contributed by atoms with Gasteiger partial charge in [0.2, 0.25) is 0 Å². The van der Waals surface area contributed by atoms with Gasteiger partial charge in [0.15, 0.2) is 0 Å². The van der Waals surface area contributed by atoms with Gasteiger partial charge in [0.25, 0.3) is 5.69 Å². The lowest BCUT2D eigenvalue weighted by Crippen LogP contribution is -2.12. The maximum Gasteiger partial charge on any atom is 0.269 e. The van der Waals surface area contributed by atoms with Crippen LogP contribution >= 0.6 is 11.3 Å². The second kappa shape index (κ2) is 5.99. The fourth-order valence-electron chi connectivity index (χ4n) is 2.04. The molecule has 0 saturated heterocycles. The molecule has 1 N–H and O–H groups in total. The van der Waals surface area contributed by atoms with E-state index in [0.717, 1.165) is 16.1 Å². The first-order valence-electron chi connectivity index (χ1n) is 6.51.